The lowest BCUT2D eigenvalue weighted by Crippen LogP contribution is -2.12. The van der Waals surface area contributed by atoms with Gasteiger partial charge in [-0.25, -0.2) is 0 Å². The number of fused-ring (bicyclic) bond motifs is 1. The van der Waals surface area contributed by atoms with Gasteiger partial charge in [0, 0.05) is 6.54 Å². The quantitative estimate of drug-likeness (QED) is 0.629. The van der Waals surface area contributed by atoms with Crippen LogP contribution < -0.4 is 5.32 Å². The van der Waals surface area contributed by atoms with E-state index in [1.165, 1.54) is 11.1 Å². The lowest BCUT2D eigenvalue weighted by Gasteiger charge is -2.12. The Hall–Kier alpha value is -0.860. The molecule has 0 saturated carbocycles. The molecule has 1 atom stereocenters. The van der Waals surface area contributed by atoms with Crippen molar-refractivity contribution in [2.24, 2.45) is 0 Å². The van der Waals surface area contributed by atoms with E-state index in [0.29, 0.717) is 0 Å². The highest BCUT2D eigenvalue weighted by atomic mass is 16.3. The van der Waals surface area contributed by atoms with Crippen molar-refractivity contribution in [3.63, 3.8) is 0 Å². The van der Waals surface area contributed by atoms with Crippen LogP contribution >= 0.6 is 0 Å². The van der Waals surface area contributed by atoms with Crippen LogP contribution in [0.15, 0.2) is 18.2 Å². The van der Waals surface area contributed by atoms with Crippen molar-refractivity contribution in [3.8, 4) is 0 Å². The van der Waals surface area contributed by atoms with Crippen LogP contribution in [0.3, 0.4) is 0 Å². The van der Waals surface area contributed by atoms with Crippen LogP contribution in [-0.4, -0.2) is 11.7 Å². The molecule has 2 rings (SSSR count). The average Bonchev–Trinajstić information content (AvgIpc) is 2.30. The summed E-state index contributed by atoms with van der Waals surface area (Å²) in [5.41, 5.74) is 3.64. The van der Waals surface area contributed by atoms with Gasteiger partial charge in [0.05, 0.1) is 6.10 Å². The van der Waals surface area contributed by atoms with E-state index in [1.54, 1.807) is 0 Å². The molecule has 0 spiro atoms. The van der Waals surface area contributed by atoms with E-state index in [2.05, 4.69) is 18.3 Å². The summed E-state index contributed by atoms with van der Waals surface area (Å²) in [7, 11) is 0. The third-order valence-corrected chi connectivity index (χ3v) is 2.70. The van der Waals surface area contributed by atoms with Gasteiger partial charge in [-0.15, -0.1) is 0 Å². The van der Waals surface area contributed by atoms with Gasteiger partial charge < -0.3 is 10.4 Å². The predicted octanol–water partition coefficient (Wildman–Crippen LogP) is 1.52. The van der Waals surface area contributed by atoms with Crippen LogP contribution in [-0.2, 0) is 6.54 Å². The summed E-state index contributed by atoms with van der Waals surface area (Å²) in [6, 6.07) is 6.14. The normalized spacial score (nSPS) is 22.2. The largest absolute Gasteiger partial charge is 0.388 e. The molecule has 2 N–H and O–H groups in total. The Bertz CT molecular complexity index is 309. The first-order chi connectivity index (χ1) is 6.29. The molecule has 0 radical (unpaired) electrons. The molecule has 1 heterocycles. The number of hydrogen-bond acceptors (Lipinski definition) is 2. The van der Waals surface area contributed by atoms with Gasteiger partial charge in [0.1, 0.15) is 0 Å². The molecule has 1 aliphatic heterocycles. The first-order valence-corrected chi connectivity index (χ1v) is 4.76. The van der Waals surface area contributed by atoms with Crippen molar-refractivity contribution >= 4 is 0 Å². The summed E-state index contributed by atoms with van der Waals surface area (Å²) in [6.07, 6.45) is 0.529. The Morgan fingerprint density at radius 1 is 1.46 bits per heavy atom. The maximum absolute atomic E-state index is 9.83. The molecule has 0 unspecified atom stereocenters. The molecule has 13 heavy (non-hydrogen) atoms. The molecular weight excluding hydrogens is 162 g/mol. The SMILES string of the molecule is Cc1cccc2c1CNCC[C@H]2O. The summed E-state index contributed by atoms with van der Waals surface area (Å²) in [4.78, 5) is 0. The summed E-state index contributed by atoms with van der Waals surface area (Å²) in [5.74, 6) is 0. The summed E-state index contributed by atoms with van der Waals surface area (Å²) >= 11 is 0. The van der Waals surface area contributed by atoms with Crippen LogP contribution in [0.5, 0.6) is 0 Å². The molecule has 0 amide bonds. The molecule has 0 bridgehead atoms. The van der Waals surface area contributed by atoms with Crippen molar-refractivity contribution in [2.45, 2.75) is 26.0 Å². The Morgan fingerprint density at radius 3 is 3.15 bits per heavy atom. The first-order valence-electron chi connectivity index (χ1n) is 4.76. The number of aliphatic hydroxyl groups excluding tert-OH is 1. The third kappa shape index (κ3) is 1.60. The minimum Gasteiger partial charge on any atom is -0.388 e. The second kappa shape index (κ2) is 3.48. The minimum absolute atomic E-state index is 0.287. The van der Waals surface area contributed by atoms with Crippen molar-refractivity contribution in [2.75, 3.05) is 6.54 Å². The summed E-state index contributed by atoms with van der Waals surface area (Å²) < 4.78 is 0. The van der Waals surface area contributed by atoms with E-state index in [1.807, 2.05) is 12.1 Å². The van der Waals surface area contributed by atoms with Crippen molar-refractivity contribution in [1.82, 2.24) is 5.32 Å². The molecule has 70 valence electrons. The highest BCUT2D eigenvalue weighted by Crippen LogP contribution is 2.25. The second-order valence-electron chi connectivity index (χ2n) is 3.62. The zero-order valence-corrected chi connectivity index (χ0v) is 7.88. The Labute approximate surface area is 78.6 Å². The van der Waals surface area contributed by atoms with Crippen molar-refractivity contribution < 1.29 is 5.11 Å². The fourth-order valence-corrected chi connectivity index (χ4v) is 1.89. The van der Waals surface area contributed by atoms with Gasteiger partial charge >= 0.3 is 0 Å². The van der Waals surface area contributed by atoms with Crippen LogP contribution in [0.2, 0.25) is 0 Å². The molecule has 1 aromatic rings. The van der Waals surface area contributed by atoms with Crippen LogP contribution in [0.1, 0.15) is 29.2 Å². The molecule has 1 aliphatic rings. The third-order valence-electron chi connectivity index (χ3n) is 2.70. The number of nitrogens with one attached hydrogen (secondary N) is 1. The monoisotopic (exact) mass is 177 g/mol. The fourth-order valence-electron chi connectivity index (χ4n) is 1.89. The van der Waals surface area contributed by atoms with E-state index in [9.17, 15) is 5.11 Å². The zero-order chi connectivity index (χ0) is 9.26. The second-order valence-corrected chi connectivity index (χ2v) is 3.62. The van der Waals surface area contributed by atoms with Crippen LogP contribution in [0.25, 0.3) is 0 Å². The van der Waals surface area contributed by atoms with Gasteiger partial charge in [0.15, 0.2) is 0 Å². The van der Waals surface area contributed by atoms with Gasteiger partial charge in [0.2, 0.25) is 0 Å². The van der Waals surface area contributed by atoms with E-state index >= 15 is 0 Å². The smallest absolute Gasteiger partial charge is 0.0805 e. The molecule has 0 aromatic heterocycles. The highest BCUT2D eigenvalue weighted by molar-refractivity contribution is 5.36. The van der Waals surface area contributed by atoms with E-state index in [4.69, 9.17) is 0 Å². The highest BCUT2D eigenvalue weighted by Gasteiger charge is 2.16. The van der Waals surface area contributed by atoms with Gasteiger partial charge in [-0.05, 0) is 36.6 Å². The topological polar surface area (TPSA) is 32.3 Å². The van der Waals surface area contributed by atoms with Gasteiger partial charge in [-0.1, -0.05) is 18.2 Å². The minimum atomic E-state index is -0.287. The van der Waals surface area contributed by atoms with Crippen molar-refractivity contribution in [3.05, 3.63) is 34.9 Å². The summed E-state index contributed by atoms with van der Waals surface area (Å²) in [5, 5.41) is 13.1. The molecular formula is C11H15NO. The molecule has 0 saturated heterocycles. The molecule has 1 aromatic carbocycles. The number of aryl methyl sites for hydroxylation is 1. The van der Waals surface area contributed by atoms with E-state index in [-0.39, 0.29) is 6.10 Å². The molecule has 0 fully saturated rings. The maximum atomic E-state index is 9.83. The first kappa shape index (κ1) is 8.73. The Balaban J connectivity index is 2.47. The molecule has 2 nitrogen and oxygen atoms in total. The predicted molar refractivity (Wildman–Crippen MR) is 52.5 cm³/mol. The van der Waals surface area contributed by atoms with Crippen LogP contribution in [0.4, 0.5) is 0 Å². The Kier molecular flexibility index (Phi) is 2.34. The molecule has 2 heteroatoms. The van der Waals surface area contributed by atoms with Crippen molar-refractivity contribution in [1.29, 1.82) is 0 Å². The lowest BCUT2D eigenvalue weighted by atomic mass is 9.98. The van der Waals surface area contributed by atoms with Gasteiger partial charge in [-0.3, -0.25) is 0 Å². The maximum Gasteiger partial charge on any atom is 0.0805 e. The van der Waals surface area contributed by atoms with E-state index in [0.717, 1.165) is 25.1 Å². The number of aliphatic hydroxyl groups is 1. The fraction of sp³-hybridized carbons (Fsp3) is 0.455. The zero-order valence-electron chi connectivity index (χ0n) is 7.88. The number of rotatable bonds is 0. The van der Waals surface area contributed by atoms with Crippen LogP contribution in [0, 0.1) is 6.92 Å². The lowest BCUT2D eigenvalue weighted by molar-refractivity contribution is 0.170. The van der Waals surface area contributed by atoms with Gasteiger partial charge in [-0.2, -0.15) is 0 Å². The number of benzene rings is 1. The number of hydrogen-bond donors (Lipinski definition) is 2. The van der Waals surface area contributed by atoms with E-state index < -0.39 is 0 Å². The van der Waals surface area contributed by atoms with Gasteiger partial charge in [0.25, 0.3) is 0 Å². The molecule has 0 aliphatic carbocycles. The summed E-state index contributed by atoms with van der Waals surface area (Å²) in [6.45, 7) is 3.88. The standard InChI is InChI=1S/C11H15NO/c1-8-3-2-4-9-10(8)7-12-6-5-11(9)13/h2-4,11-13H,5-7H2,1H3/t11-/m1/s1. The Morgan fingerprint density at radius 2 is 2.31 bits per heavy atom. The average molecular weight is 177 g/mol.